The number of likely N-dealkylation sites (tertiary alicyclic amines) is 1. The lowest BCUT2D eigenvalue weighted by molar-refractivity contribution is -0.945. The second-order valence-corrected chi connectivity index (χ2v) is 7.23. The van der Waals surface area contributed by atoms with E-state index in [4.69, 9.17) is 0 Å². The van der Waals surface area contributed by atoms with Crippen molar-refractivity contribution in [3.8, 4) is 0 Å². The van der Waals surface area contributed by atoms with Crippen LogP contribution in [-0.2, 0) is 4.79 Å². The highest BCUT2D eigenvalue weighted by Crippen LogP contribution is 2.27. The van der Waals surface area contributed by atoms with Gasteiger partial charge in [-0.15, -0.1) is 0 Å². The molecule has 1 aromatic rings. The van der Waals surface area contributed by atoms with Crippen molar-refractivity contribution in [3.05, 3.63) is 28.8 Å². The number of carbonyl (C=O) groups excluding carboxylic acids is 1. The first kappa shape index (κ1) is 18.0. The number of aryl methyl sites for hydroxylation is 3. The predicted molar refractivity (Wildman–Crippen MR) is 97.7 cm³/mol. The zero-order valence-corrected chi connectivity index (χ0v) is 15.5. The van der Waals surface area contributed by atoms with Gasteiger partial charge in [0.05, 0.1) is 19.6 Å². The number of amides is 1. The number of anilines is 1. The monoisotopic (exact) mass is 317 g/mol. The number of hydrogen-bond acceptors (Lipinski definition) is 1. The maximum Gasteiger partial charge on any atom is 0.282 e. The molecule has 1 unspecified atom stereocenters. The minimum atomic E-state index is 0.0698. The summed E-state index contributed by atoms with van der Waals surface area (Å²) in [5.74, 6) is 0.200. The molecule has 1 aromatic carbocycles. The maximum absolute atomic E-state index is 13.1. The number of nitrogens with one attached hydrogen (secondary N) is 1. The second-order valence-electron chi connectivity index (χ2n) is 7.23. The summed E-state index contributed by atoms with van der Waals surface area (Å²) in [6.45, 7) is 14.0. The van der Waals surface area contributed by atoms with Crippen LogP contribution in [0.3, 0.4) is 0 Å². The van der Waals surface area contributed by atoms with E-state index >= 15 is 0 Å². The first-order chi connectivity index (χ1) is 10.9. The van der Waals surface area contributed by atoms with Crippen LogP contribution < -0.4 is 5.32 Å². The highest BCUT2D eigenvalue weighted by atomic mass is 16.2. The van der Waals surface area contributed by atoms with Gasteiger partial charge >= 0.3 is 0 Å². The first-order valence-electron chi connectivity index (χ1n) is 9.18. The van der Waals surface area contributed by atoms with Gasteiger partial charge in [0.25, 0.3) is 5.91 Å². The summed E-state index contributed by atoms with van der Waals surface area (Å²) >= 11 is 0. The molecule has 0 bridgehead atoms. The van der Waals surface area contributed by atoms with Gasteiger partial charge in [0, 0.05) is 12.1 Å². The zero-order valence-electron chi connectivity index (χ0n) is 15.5. The van der Waals surface area contributed by atoms with E-state index in [0.717, 1.165) is 47.4 Å². The molecular weight excluding hydrogens is 284 g/mol. The van der Waals surface area contributed by atoms with Crippen LogP contribution in [0.5, 0.6) is 0 Å². The summed E-state index contributed by atoms with van der Waals surface area (Å²) in [6.07, 6.45) is 4.72. The van der Waals surface area contributed by atoms with Crippen molar-refractivity contribution >= 4 is 11.6 Å². The molecule has 3 nitrogen and oxygen atoms in total. The van der Waals surface area contributed by atoms with E-state index in [9.17, 15) is 4.79 Å². The van der Waals surface area contributed by atoms with Gasteiger partial charge in [0.1, 0.15) is 0 Å². The maximum atomic E-state index is 13.1. The van der Waals surface area contributed by atoms with Crippen LogP contribution in [0.4, 0.5) is 5.69 Å². The van der Waals surface area contributed by atoms with Crippen LogP contribution in [0.2, 0.25) is 0 Å². The van der Waals surface area contributed by atoms with E-state index in [0.29, 0.717) is 0 Å². The van der Waals surface area contributed by atoms with Crippen LogP contribution in [0, 0.1) is 20.8 Å². The number of hydrogen-bond donors (Lipinski definition) is 1. The van der Waals surface area contributed by atoms with Crippen molar-refractivity contribution in [1.82, 2.24) is 0 Å². The molecule has 23 heavy (non-hydrogen) atoms. The molecule has 0 spiro atoms. The van der Waals surface area contributed by atoms with E-state index in [1.807, 2.05) is 0 Å². The van der Waals surface area contributed by atoms with Crippen LogP contribution in [-0.4, -0.2) is 36.1 Å². The fraction of sp³-hybridized carbons (Fsp3) is 0.650. The smallest absolute Gasteiger partial charge is 0.282 e. The molecule has 1 amide bonds. The molecule has 1 atom stereocenters. The van der Waals surface area contributed by atoms with Crippen LogP contribution in [0.25, 0.3) is 0 Å². The Bertz CT molecular complexity index is 536. The van der Waals surface area contributed by atoms with Crippen molar-refractivity contribution in [2.24, 2.45) is 0 Å². The van der Waals surface area contributed by atoms with Crippen LogP contribution >= 0.6 is 0 Å². The summed E-state index contributed by atoms with van der Waals surface area (Å²) in [4.78, 5) is 13.1. The van der Waals surface area contributed by atoms with Crippen LogP contribution in [0.1, 0.15) is 56.2 Å². The molecular formula is C20H33N2O+. The van der Waals surface area contributed by atoms with E-state index in [-0.39, 0.29) is 11.9 Å². The van der Waals surface area contributed by atoms with Crippen molar-refractivity contribution in [2.75, 3.05) is 25.0 Å². The fourth-order valence-corrected chi connectivity index (χ4v) is 4.40. The van der Waals surface area contributed by atoms with Gasteiger partial charge < -0.3 is 9.80 Å². The molecule has 0 aliphatic carbocycles. The van der Waals surface area contributed by atoms with Gasteiger partial charge in [-0.3, -0.25) is 4.79 Å². The molecule has 0 saturated carbocycles. The largest absolute Gasteiger partial charge is 0.320 e. The SMILES string of the molecule is CCC(C(=O)Nc1c(C)cc(C)cc1C)[N+]1(CC)CCCCC1. The molecule has 1 heterocycles. The number of benzene rings is 1. The topological polar surface area (TPSA) is 29.1 Å². The number of rotatable bonds is 5. The summed E-state index contributed by atoms with van der Waals surface area (Å²) in [5, 5.41) is 3.26. The fourth-order valence-electron chi connectivity index (χ4n) is 4.40. The quantitative estimate of drug-likeness (QED) is 0.804. The first-order valence-corrected chi connectivity index (χ1v) is 9.18. The van der Waals surface area contributed by atoms with Gasteiger partial charge in [-0.25, -0.2) is 0 Å². The Morgan fingerprint density at radius 3 is 2.13 bits per heavy atom. The average Bonchev–Trinajstić information content (AvgIpc) is 2.52. The highest BCUT2D eigenvalue weighted by Gasteiger charge is 2.40. The van der Waals surface area contributed by atoms with Crippen molar-refractivity contribution in [3.63, 3.8) is 0 Å². The van der Waals surface area contributed by atoms with Gasteiger partial charge in [0.15, 0.2) is 6.04 Å². The van der Waals surface area contributed by atoms with Crippen molar-refractivity contribution in [2.45, 2.75) is 66.3 Å². The van der Waals surface area contributed by atoms with Gasteiger partial charge in [-0.1, -0.05) is 24.6 Å². The Balaban J connectivity index is 2.24. The van der Waals surface area contributed by atoms with E-state index in [1.165, 1.54) is 24.8 Å². The van der Waals surface area contributed by atoms with E-state index in [2.05, 4.69) is 52.1 Å². The minimum absolute atomic E-state index is 0.0698. The average molecular weight is 317 g/mol. The molecule has 1 saturated heterocycles. The predicted octanol–water partition coefficient (Wildman–Crippen LogP) is 4.35. The summed E-state index contributed by atoms with van der Waals surface area (Å²) in [6, 6.07) is 4.36. The van der Waals surface area contributed by atoms with E-state index in [1.54, 1.807) is 0 Å². The Hall–Kier alpha value is -1.35. The van der Waals surface area contributed by atoms with Crippen LogP contribution in [0.15, 0.2) is 12.1 Å². The summed E-state index contributed by atoms with van der Waals surface area (Å²) in [5.41, 5.74) is 4.57. The Morgan fingerprint density at radius 2 is 1.65 bits per heavy atom. The third-order valence-corrected chi connectivity index (χ3v) is 5.61. The second kappa shape index (κ2) is 7.48. The summed E-state index contributed by atoms with van der Waals surface area (Å²) < 4.78 is 0.965. The number of carbonyl (C=O) groups is 1. The Kier molecular flexibility index (Phi) is 5.85. The molecule has 1 fully saturated rings. The third kappa shape index (κ3) is 3.77. The highest BCUT2D eigenvalue weighted by molar-refractivity contribution is 5.95. The molecule has 1 aliphatic rings. The standard InChI is InChI=1S/C20H32N2O/c1-6-18(22(7-2)11-9-8-10-12-22)20(23)21-19-16(4)13-15(3)14-17(19)5/h13-14,18H,6-12H2,1-5H3/p+1. The van der Waals surface area contributed by atoms with Gasteiger partial charge in [-0.05, 0) is 58.1 Å². The lowest BCUT2D eigenvalue weighted by atomic mass is 9.99. The molecule has 1 aliphatic heterocycles. The Morgan fingerprint density at radius 1 is 1.09 bits per heavy atom. The Labute approximate surface area is 141 Å². The molecule has 1 N–H and O–H groups in total. The molecule has 0 aromatic heterocycles. The third-order valence-electron chi connectivity index (χ3n) is 5.61. The zero-order chi connectivity index (χ0) is 17.0. The number of quaternary nitrogens is 1. The normalized spacial score (nSPS) is 18.5. The summed E-state index contributed by atoms with van der Waals surface area (Å²) in [7, 11) is 0. The number of piperidine rings is 1. The molecule has 0 radical (unpaired) electrons. The van der Waals surface area contributed by atoms with E-state index < -0.39 is 0 Å². The van der Waals surface area contributed by atoms with Crippen molar-refractivity contribution in [1.29, 1.82) is 0 Å². The molecule has 2 rings (SSSR count). The number of likely N-dealkylation sites (N-methyl/N-ethyl adjacent to an activating group) is 1. The van der Waals surface area contributed by atoms with Crippen molar-refractivity contribution < 1.29 is 9.28 Å². The molecule has 3 heteroatoms. The van der Waals surface area contributed by atoms with Gasteiger partial charge in [0.2, 0.25) is 0 Å². The number of nitrogens with zero attached hydrogens (tertiary/aromatic N) is 1. The molecule has 128 valence electrons. The lowest BCUT2D eigenvalue weighted by Crippen LogP contribution is -2.61. The van der Waals surface area contributed by atoms with Gasteiger partial charge in [-0.2, -0.15) is 0 Å². The minimum Gasteiger partial charge on any atom is -0.320 e. The lowest BCUT2D eigenvalue weighted by Gasteiger charge is -2.45.